The molecule has 0 fully saturated rings. The normalized spacial score (nSPS) is 10.5. The number of hydrogen-bond donors (Lipinski definition) is 1. The number of carbonyl (C=O) groups excluding carboxylic acids is 1. The summed E-state index contributed by atoms with van der Waals surface area (Å²) < 4.78 is 5.37. The zero-order valence-corrected chi connectivity index (χ0v) is 13.4. The molecule has 2 aromatic heterocycles. The van der Waals surface area contributed by atoms with E-state index in [2.05, 4.69) is 10.3 Å². The van der Waals surface area contributed by atoms with Crippen LogP contribution < -0.4 is 5.32 Å². The lowest BCUT2D eigenvalue weighted by molar-refractivity contribution is 0.0951. The Labute approximate surface area is 143 Å². The van der Waals surface area contributed by atoms with Crippen molar-refractivity contribution in [1.29, 1.82) is 0 Å². The van der Waals surface area contributed by atoms with Crippen molar-refractivity contribution in [3.05, 3.63) is 76.1 Å². The molecular weight excluding hydrogens is 335 g/mol. The Morgan fingerprint density at radius 2 is 2.04 bits per heavy atom. The van der Waals surface area contributed by atoms with Gasteiger partial charge in [-0.25, -0.2) is 0 Å². The Kier molecular flexibility index (Phi) is 4.65. The maximum absolute atomic E-state index is 12.3. The number of nitrogens with one attached hydrogen (secondary N) is 1. The molecule has 2 heterocycles. The molecule has 0 saturated carbocycles. The van der Waals surface area contributed by atoms with Gasteiger partial charge in [-0.05, 0) is 36.4 Å². The molecule has 0 aliphatic heterocycles. The van der Waals surface area contributed by atoms with Crippen molar-refractivity contribution in [2.75, 3.05) is 0 Å². The average Bonchev–Trinajstić information content (AvgIpc) is 3.07. The fraction of sp³-hybridized carbons (Fsp3) is 0.0588. The minimum Gasteiger partial charge on any atom is -0.463 e. The van der Waals surface area contributed by atoms with Gasteiger partial charge in [0.15, 0.2) is 5.76 Å². The first-order valence-electron chi connectivity index (χ1n) is 6.86. The number of carbonyl (C=O) groups is 1. The van der Waals surface area contributed by atoms with E-state index in [1.165, 1.54) is 6.07 Å². The number of hydrogen-bond acceptors (Lipinski definition) is 3. The zero-order valence-electron chi connectivity index (χ0n) is 11.9. The maximum Gasteiger partial charge on any atom is 0.253 e. The van der Waals surface area contributed by atoms with E-state index in [0.717, 1.165) is 5.56 Å². The van der Waals surface area contributed by atoms with Crippen LogP contribution in [0, 0.1) is 0 Å². The van der Waals surface area contributed by atoms with Gasteiger partial charge in [-0.2, -0.15) is 0 Å². The van der Waals surface area contributed by atoms with Crippen molar-refractivity contribution in [3.63, 3.8) is 0 Å². The minimum atomic E-state index is -0.277. The molecule has 23 heavy (non-hydrogen) atoms. The number of amides is 1. The monoisotopic (exact) mass is 346 g/mol. The molecule has 4 nitrogen and oxygen atoms in total. The lowest BCUT2D eigenvalue weighted by atomic mass is 10.1. The molecule has 0 aliphatic carbocycles. The van der Waals surface area contributed by atoms with Crippen molar-refractivity contribution in [2.24, 2.45) is 0 Å². The van der Waals surface area contributed by atoms with E-state index in [9.17, 15) is 4.79 Å². The quantitative estimate of drug-likeness (QED) is 0.752. The van der Waals surface area contributed by atoms with E-state index >= 15 is 0 Å². The molecule has 0 aliphatic rings. The predicted octanol–water partition coefficient (Wildman–Crippen LogP) is 4.58. The minimum absolute atomic E-state index is 0.277. The fourth-order valence-corrected chi connectivity index (χ4v) is 2.66. The SMILES string of the molecule is O=C(NCc1cccnc1-c1ccco1)c1ccc(Cl)cc1Cl. The van der Waals surface area contributed by atoms with Crippen LogP contribution >= 0.6 is 23.2 Å². The highest BCUT2D eigenvalue weighted by atomic mass is 35.5. The Balaban J connectivity index is 1.77. The molecule has 1 aromatic carbocycles. The van der Waals surface area contributed by atoms with Gasteiger partial charge < -0.3 is 9.73 Å². The van der Waals surface area contributed by atoms with Crippen LogP contribution in [-0.4, -0.2) is 10.9 Å². The van der Waals surface area contributed by atoms with Gasteiger partial charge in [-0.1, -0.05) is 29.3 Å². The highest BCUT2D eigenvalue weighted by molar-refractivity contribution is 6.36. The average molecular weight is 347 g/mol. The van der Waals surface area contributed by atoms with Crippen molar-refractivity contribution in [3.8, 4) is 11.5 Å². The first-order chi connectivity index (χ1) is 11.1. The van der Waals surface area contributed by atoms with Crippen LogP contribution in [0.3, 0.4) is 0 Å². The van der Waals surface area contributed by atoms with Crippen LogP contribution in [-0.2, 0) is 6.54 Å². The second-order valence-electron chi connectivity index (χ2n) is 4.80. The summed E-state index contributed by atoms with van der Waals surface area (Å²) in [7, 11) is 0. The highest BCUT2D eigenvalue weighted by Gasteiger charge is 2.13. The molecule has 0 unspecified atom stereocenters. The lowest BCUT2D eigenvalue weighted by Gasteiger charge is -2.09. The Morgan fingerprint density at radius 3 is 2.78 bits per heavy atom. The highest BCUT2D eigenvalue weighted by Crippen LogP contribution is 2.23. The summed E-state index contributed by atoms with van der Waals surface area (Å²) in [5.74, 6) is 0.375. The largest absolute Gasteiger partial charge is 0.463 e. The van der Waals surface area contributed by atoms with Gasteiger partial charge in [0.05, 0.1) is 16.8 Å². The van der Waals surface area contributed by atoms with Gasteiger partial charge in [0.1, 0.15) is 5.69 Å². The van der Waals surface area contributed by atoms with Crippen molar-refractivity contribution in [1.82, 2.24) is 10.3 Å². The van der Waals surface area contributed by atoms with E-state index in [1.807, 2.05) is 18.2 Å². The van der Waals surface area contributed by atoms with Crippen LogP contribution in [0.15, 0.2) is 59.3 Å². The molecule has 0 spiro atoms. The van der Waals surface area contributed by atoms with Gasteiger partial charge in [-0.15, -0.1) is 0 Å². The van der Waals surface area contributed by atoms with Crippen molar-refractivity contribution >= 4 is 29.1 Å². The number of furan rings is 1. The maximum atomic E-state index is 12.3. The molecule has 6 heteroatoms. The molecular formula is C17H12Cl2N2O2. The van der Waals surface area contributed by atoms with E-state index in [0.29, 0.717) is 33.6 Å². The van der Waals surface area contributed by atoms with Crippen molar-refractivity contribution < 1.29 is 9.21 Å². The number of nitrogens with zero attached hydrogens (tertiary/aromatic N) is 1. The molecule has 0 saturated heterocycles. The number of rotatable bonds is 4. The zero-order chi connectivity index (χ0) is 16.2. The number of pyridine rings is 1. The Morgan fingerprint density at radius 1 is 1.17 bits per heavy atom. The summed E-state index contributed by atoms with van der Waals surface area (Å²) >= 11 is 11.9. The second-order valence-corrected chi connectivity index (χ2v) is 5.64. The first-order valence-corrected chi connectivity index (χ1v) is 7.62. The molecule has 0 radical (unpaired) electrons. The number of aromatic nitrogens is 1. The Bertz CT molecular complexity index is 832. The smallest absolute Gasteiger partial charge is 0.253 e. The summed E-state index contributed by atoms with van der Waals surface area (Å²) in [5.41, 5.74) is 1.92. The van der Waals surface area contributed by atoms with Gasteiger partial charge in [0, 0.05) is 23.3 Å². The molecule has 3 rings (SSSR count). The molecule has 0 atom stereocenters. The molecule has 3 aromatic rings. The first kappa shape index (κ1) is 15.6. The topological polar surface area (TPSA) is 55.1 Å². The fourth-order valence-electron chi connectivity index (χ4n) is 2.16. The van der Waals surface area contributed by atoms with Crippen LogP contribution in [0.4, 0.5) is 0 Å². The van der Waals surface area contributed by atoms with Gasteiger partial charge >= 0.3 is 0 Å². The van der Waals surface area contributed by atoms with E-state index in [1.54, 1.807) is 30.7 Å². The molecule has 116 valence electrons. The summed E-state index contributed by atoms with van der Waals surface area (Å²) in [4.78, 5) is 16.6. The van der Waals surface area contributed by atoms with Gasteiger partial charge in [0.25, 0.3) is 5.91 Å². The van der Waals surface area contributed by atoms with Crippen molar-refractivity contribution in [2.45, 2.75) is 6.54 Å². The van der Waals surface area contributed by atoms with Gasteiger partial charge in [0.2, 0.25) is 0 Å². The van der Waals surface area contributed by atoms with E-state index in [4.69, 9.17) is 27.6 Å². The third kappa shape index (κ3) is 3.55. The van der Waals surface area contributed by atoms with Crippen LogP contribution in [0.1, 0.15) is 15.9 Å². The third-order valence-corrected chi connectivity index (χ3v) is 3.81. The van der Waals surface area contributed by atoms with Gasteiger partial charge in [-0.3, -0.25) is 9.78 Å². The number of benzene rings is 1. The van der Waals surface area contributed by atoms with Crippen LogP contribution in [0.2, 0.25) is 10.0 Å². The third-order valence-electron chi connectivity index (χ3n) is 3.26. The molecule has 0 bridgehead atoms. The lowest BCUT2D eigenvalue weighted by Crippen LogP contribution is -2.23. The Hall–Kier alpha value is -2.30. The van der Waals surface area contributed by atoms with E-state index < -0.39 is 0 Å². The number of halogens is 2. The van der Waals surface area contributed by atoms with E-state index in [-0.39, 0.29) is 5.91 Å². The summed E-state index contributed by atoms with van der Waals surface area (Å²) in [6.07, 6.45) is 3.26. The summed E-state index contributed by atoms with van der Waals surface area (Å²) in [5, 5.41) is 3.63. The summed E-state index contributed by atoms with van der Waals surface area (Å²) in [6.45, 7) is 0.307. The summed E-state index contributed by atoms with van der Waals surface area (Å²) in [6, 6.07) is 12.1. The standard InChI is InChI=1S/C17H12Cl2N2O2/c18-12-5-6-13(14(19)9-12)17(22)21-10-11-3-1-7-20-16(11)15-4-2-8-23-15/h1-9H,10H2,(H,21,22). The molecule has 1 amide bonds. The molecule has 1 N–H and O–H groups in total. The van der Waals surface area contributed by atoms with Crippen LogP contribution in [0.25, 0.3) is 11.5 Å². The predicted molar refractivity (Wildman–Crippen MR) is 89.6 cm³/mol. The van der Waals surface area contributed by atoms with Crippen LogP contribution in [0.5, 0.6) is 0 Å². The second kappa shape index (κ2) is 6.86.